The summed E-state index contributed by atoms with van der Waals surface area (Å²) >= 11 is -0.820. The Morgan fingerprint density at radius 3 is 2.74 bits per heavy atom. The van der Waals surface area contributed by atoms with Gasteiger partial charge in [0.1, 0.15) is 0 Å². The summed E-state index contributed by atoms with van der Waals surface area (Å²) in [5.41, 5.74) is 2.37. The second-order valence-electron chi connectivity index (χ2n) is 6.02. The molecule has 27 heavy (non-hydrogen) atoms. The molecule has 0 bridgehead atoms. The standard InChI is InChI=1S/C19H19AsN2O5/c1-11-4-7-16(22(24)25)17-18(20-8-9-27-12(2)23)14-10-13(26-3)5-6-15(14)21-19(11)17/h4-7,10,20H,8-9H2,1-3H3. The molecule has 0 radical (unpaired) electrons. The molecule has 0 aliphatic rings. The summed E-state index contributed by atoms with van der Waals surface area (Å²) in [7, 11) is 1.58. The first-order valence-corrected chi connectivity index (χ1v) is 10.9. The molecule has 0 fully saturated rings. The van der Waals surface area contributed by atoms with Gasteiger partial charge in [-0.1, -0.05) is 0 Å². The molecule has 0 N–H and O–H groups in total. The predicted octanol–water partition coefficient (Wildman–Crippen LogP) is 2.66. The van der Waals surface area contributed by atoms with Gasteiger partial charge in [-0.05, 0) is 0 Å². The molecule has 3 rings (SSSR count). The van der Waals surface area contributed by atoms with Crippen LogP contribution in [-0.4, -0.2) is 45.3 Å². The van der Waals surface area contributed by atoms with Crippen molar-refractivity contribution >= 4 is 53.6 Å². The Kier molecular flexibility index (Phi) is 5.61. The monoisotopic (exact) mass is 430 g/mol. The van der Waals surface area contributed by atoms with Gasteiger partial charge in [-0.3, -0.25) is 0 Å². The van der Waals surface area contributed by atoms with E-state index in [1.54, 1.807) is 13.2 Å². The van der Waals surface area contributed by atoms with Crippen molar-refractivity contribution < 1.29 is 19.2 Å². The number of hydrogen-bond donors (Lipinski definition) is 0. The van der Waals surface area contributed by atoms with E-state index >= 15 is 0 Å². The van der Waals surface area contributed by atoms with Crippen LogP contribution in [0.4, 0.5) is 5.69 Å². The molecular formula is C19H19AsN2O5. The number of pyridine rings is 1. The molecule has 0 aliphatic carbocycles. The summed E-state index contributed by atoms with van der Waals surface area (Å²) < 4.78 is 11.3. The number of methoxy groups -OCH3 is 1. The van der Waals surface area contributed by atoms with Crippen LogP contribution in [0.2, 0.25) is 5.21 Å². The Morgan fingerprint density at radius 2 is 2.07 bits per heavy atom. The molecule has 7 nitrogen and oxygen atoms in total. The number of fused-ring (bicyclic) bond motifs is 2. The van der Waals surface area contributed by atoms with Gasteiger partial charge in [0.2, 0.25) is 0 Å². The third-order valence-corrected chi connectivity index (χ3v) is 7.00. The van der Waals surface area contributed by atoms with Crippen molar-refractivity contribution in [1.82, 2.24) is 4.98 Å². The fraction of sp³-hybridized carbons (Fsp3) is 0.263. The van der Waals surface area contributed by atoms with Gasteiger partial charge >= 0.3 is 162 Å². The molecule has 2 aromatic carbocycles. The second kappa shape index (κ2) is 7.92. The van der Waals surface area contributed by atoms with Gasteiger partial charge in [0.05, 0.1) is 0 Å². The van der Waals surface area contributed by atoms with E-state index in [0.29, 0.717) is 28.5 Å². The van der Waals surface area contributed by atoms with Crippen LogP contribution in [0.5, 0.6) is 5.75 Å². The zero-order chi connectivity index (χ0) is 19.6. The number of aryl methyl sites for hydroxylation is 1. The molecule has 0 spiro atoms. The summed E-state index contributed by atoms with van der Waals surface area (Å²) in [4.78, 5) is 27.0. The summed E-state index contributed by atoms with van der Waals surface area (Å²) in [6, 6.07) is 8.83. The number of hydrogen-bond acceptors (Lipinski definition) is 6. The van der Waals surface area contributed by atoms with E-state index in [-0.39, 0.29) is 16.6 Å². The van der Waals surface area contributed by atoms with Crippen molar-refractivity contribution in [2.24, 2.45) is 0 Å². The van der Waals surface area contributed by atoms with E-state index in [1.165, 1.54) is 13.0 Å². The molecule has 0 aliphatic heterocycles. The van der Waals surface area contributed by atoms with Crippen molar-refractivity contribution in [2.45, 2.75) is 19.1 Å². The number of carbonyl (C=O) groups is 1. The summed E-state index contributed by atoms with van der Waals surface area (Å²) in [6.07, 6.45) is 0. The Morgan fingerprint density at radius 1 is 1.30 bits per heavy atom. The topological polar surface area (TPSA) is 91.6 Å². The fourth-order valence-electron chi connectivity index (χ4n) is 2.98. The average molecular weight is 430 g/mol. The average Bonchev–Trinajstić information content (AvgIpc) is 2.64. The third kappa shape index (κ3) is 3.88. The number of nitrogens with zero attached hydrogens (tertiary/aromatic N) is 2. The van der Waals surface area contributed by atoms with Gasteiger partial charge in [-0.2, -0.15) is 0 Å². The molecule has 8 heteroatoms. The maximum absolute atomic E-state index is 11.7. The first-order valence-electron chi connectivity index (χ1n) is 8.35. The molecule has 3 aromatic rings. The fourth-order valence-corrected chi connectivity index (χ4v) is 5.64. The van der Waals surface area contributed by atoms with Crippen molar-refractivity contribution in [1.29, 1.82) is 0 Å². The van der Waals surface area contributed by atoms with Crippen LogP contribution >= 0.6 is 0 Å². The summed E-state index contributed by atoms with van der Waals surface area (Å²) in [5, 5.41) is 13.8. The first kappa shape index (κ1) is 19.1. The van der Waals surface area contributed by atoms with E-state index in [9.17, 15) is 14.9 Å². The number of nitro benzene ring substituents is 1. The van der Waals surface area contributed by atoms with E-state index in [4.69, 9.17) is 9.47 Å². The van der Waals surface area contributed by atoms with Crippen LogP contribution < -0.4 is 9.09 Å². The van der Waals surface area contributed by atoms with Crippen LogP contribution in [0.15, 0.2) is 30.3 Å². The zero-order valence-corrected chi connectivity index (χ0v) is 17.3. The van der Waals surface area contributed by atoms with Crippen LogP contribution in [0.25, 0.3) is 21.8 Å². The Bertz CT molecular complexity index is 1050. The Hall–Kier alpha value is -2.66. The third-order valence-electron chi connectivity index (χ3n) is 4.22. The number of esters is 1. The van der Waals surface area contributed by atoms with Crippen LogP contribution in [0.1, 0.15) is 12.5 Å². The van der Waals surface area contributed by atoms with Crippen molar-refractivity contribution in [3.63, 3.8) is 0 Å². The van der Waals surface area contributed by atoms with Gasteiger partial charge in [0.15, 0.2) is 0 Å². The van der Waals surface area contributed by atoms with Gasteiger partial charge in [-0.15, -0.1) is 0 Å². The Balaban J connectivity index is 2.26. The van der Waals surface area contributed by atoms with E-state index in [2.05, 4.69) is 4.98 Å². The molecule has 0 saturated heterocycles. The maximum atomic E-state index is 11.7. The van der Waals surface area contributed by atoms with Gasteiger partial charge in [0, 0.05) is 0 Å². The molecular weight excluding hydrogens is 411 g/mol. The zero-order valence-electron chi connectivity index (χ0n) is 15.2. The number of nitro groups is 1. The number of aromatic nitrogens is 1. The van der Waals surface area contributed by atoms with Crippen LogP contribution in [0, 0.1) is 17.0 Å². The van der Waals surface area contributed by atoms with Crippen molar-refractivity contribution in [3.8, 4) is 5.75 Å². The SMILES string of the molecule is COc1ccc2nc3c(C)ccc([N+](=O)[O-])c3c([AsH]CCOC(C)=O)c2c1. The number of ether oxygens (including phenoxy) is 2. The summed E-state index contributed by atoms with van der Waals surface area (Å²) in [6.45, 7) is 3.58. The minimum atomic E-state index is -0.820. The first-order chi connectivity index (χ1) is 12.9. The van der Waals surface area contributed by atoms with Crippen LogP contribution in [0.3, 0.4) is 0 Å². The molecule has 1 atom stereocenters. The molecule has 1 aromatic heterocycles. The number of benzene rings is 2. The van der Waals surface area contributed by atoms with Crippen LogP contribution in [-0.2, 0) is 9.53 Å². The van der Waals surface area contributed by atoms with Gasteiger partial charge in [0.25, 0.3) is 0 Å². The predicted molar refractivity (Wildman–Crippen MR) is 105 cm³/mol. The normalized spacial score (nSPS) is 11.4. The second-order valence-corrected chi connectivity index (χ2v) is 8.86. The quantitative estimate of drug-likeness (QED) is 0.149. The van der Waals surface area contributed by atoms with E-state index < -0.39 is 15.8 Å². The van der Waals surface area contributed by atoms with Gasteiger partial charge < -0.3 is 0 Å². The molecule has 0 amide bonds. The molecule has 140 valence electrons. The van der Waals surface area contributed by atoms with E-state index in [0.717, 1.165) is 20.8 Å². The number of carbonyl (C=O) groups excluding carboxylic acids is 1. The number of non-ortho nitro benzene ring substituents is 1. The molecule has 0 saturated carbocycles. The van der Waals surface area contributed by atoms with Gasteiger partial charge in [-0.25, -0.2) is 0 Å². The van der Waals surface area contributed by atoms with Crippen molar-refractivity contribution in [2.75, 3.05) is 13.7 Å². The molecule has 1 heterocycles. The molecule has 1 unspecified atom stereocenters. The minimum absolute atomic E-state index is 0.0547. The number of rotatable bonds is 6. The Labute approximate surface area is 162 Å². The van der Waals surface area contributed by atoms with Crippen molar-refractivity contribution in [3.05, 3.63) is 46.0 Å². The summed E-state index contributed by atoms with van der Waals surface area (Å²) in [5.74, 6) is 0.348. The van der Waals surface area contributed by atoms with E-state index in [1.807, 2.05) is 25.1 Å².